The lowest BCUT2D eigenvalue weighted by molar-refractivity contribution is -0.138. The quantitative estimate of drug-likeness (QED) is 0.805. The predicted octanol–water partition coefficient (Wildman–Crippen LogP) is 2.54. The Kier molecular flexibility index (Phi) is 6.22. The highest BCUT2D eigenvalue weighted by molar-refractivity contribution is 5.77. The Bertz CT molecular complexity index is 451. The van der Waals surface area contributed by atoms with Crippen LogP contribution in [0.5, 0.6) is 0 Å². The molecular weight excluding hydrogens is 254 g/mol. The standard InChI is InChI=1S/C16H23NO3/c1-11(2)14(10-16(19)20)17-15(18)9-8-13-6-4-12(3)5-7-13/h4-7,11,14H,8-10H2,1-3H3,(H,17,18)(H,19,20). The van der Waals surface area contributed by atoms with Crippen LogP contribution in [-0.2, 0) is 16.0 Å². The molecule has 110 valence electrons. The number of nitrogens with one attached hydrogen (secondary N) is 1. The molecule has 4 heteroatoms. The third-order valence-electron chi connectivity index (χ3n) is 3.31. The Morgan fingerprint density at radius 2 is 1.80 bits per heavy atom. The van der Waals surface area contributed by atoms with E-state index in [-0.39, 0.29) is 24.3 Å². The fraction of sp³-hybridized carbons (Fsp3) is 0.500. The van der Waals surface area contributed by atoms with Gasteiger partial charge >= 0.3 is 5.97 Å². The molecule has 0 spiro atoms. The highest BCUT2D eigenvalue weighted by Gasteiger charge is 2.19. The molecule has 0 heterocycles. The first kappa shape index (κ1) is 16.2. The second-order valence-electron chi connectivity index (χ2n) is 5.50. The van der Waals surface area contributed by atoms with Crippen LogP contribution in [0.2, 0.25) is 0 Å². The Hall–Kier alpha value is -1.84. The average molecular weight is 277 g/mol. The van der Waals surface area contributed by atoms with Gasteiger partial charge < -0.3 is 10.4 Å². The topological polar surface area (TPSA) is 66.4 Å². The number of aryl methyl sites for hydroxylation is 2. The van der Waals surface area contributed by atoms with E-state index in [9.17, 15) is 9.59 Å². The number of hydrogen-bond acceptors (Lipinski definition) is 2. The fourth-order valence-electron chi connectivity index (χ4n) is 1.93. The zero-order chi connectivity index (χ0) is 15.1. The summed E-state index contributed by atoms with van der Waals surface area (Å²) in [6.45, 7) is 5.84. The van der Waals surface area contributed by atoms with Crippen molar-refractivity contribution in [2.24, 2.45) is 5.92 Å². The summed E-state index contributed by atoms with van der Waals surface area (Å²) in [4.78, 5) is 22.6. The normalized spacial score (nSPS) is 12.2. The minimum absolute atomic E-state index is 0.0338. The molecule has 0 aliphatic heterocycles. The predicted molar refractivity (Wildman–Crippen MR) is 78.5 cm³/mol. The number of hydrogen-bond donors (Lipinski definition) is 2. The van der Waals surface area contributed by atoms with Crippen LogP contribution in [0, 0.1) is 12.8 Å². The van der Waals surface area contributed by atoms with Gasteiger partial charge in [0.2, 0.25) is 5.91 Å². The van der Waals surface area contributed by atoms with Gasteiger partial charge in [0.25, 0.3) is 0 Å². The summed E-state index contributed by atoms with van der Waals surface area (Å²) in [6.07, 6.45) is 1.02. The van der Waals surface area contributed by atoms with Crippen LogP contribution in [0.25, 0.3) is 0 Å². The van der Waals surface area contributed by atoms with E-state index < -0.39 is 5.97 Å². The first-order valence-corrected chi connectivity index (χ1v) is 6.95. The molecule has 20 heavy (non-hydrogen) atoms. The third kappa shape index (κ3) is 5.87. The van der Waals surface area contributed by atoms with Crippen molar-refractivity contribution in [2.45, 2.75) is 46.1 Å². The molecule has 2 N–H and O–H groups in total. The molecule has 0 aliphatic rings. The molecule has 1 unspecified atom stereocenters. The molecule has 1 atom stereocenters. The number of benzene rings is 1. The molecule has 0 aliphatic carbocycles. The molecule has 0 radical (unpaired) electrons. The smallest absolute Gasteiger partial charge is 0.305 e. The monoisotopic (exact) mass is 277 g/mol. The van der Waals surface area contributed by atoms with Gasteiger partial charge in [-0.1, -0.05) is 43.7 Å². The molecule has 0 saturated heterocycles. The summed E-state index contributed by atoms with van der Waals surface area (Å²) >= 11 is 0. The Morgan fingerprint density at radius 3 is 2.30 bits per heavy atom. The van der Waals surface area contributed by atoms with Crippen molar-refractivity contribution in [1.29, 1.82) is 0 Å². The maximum Gasteiger partial charge on any atom is 0.305 e. The Labute approximate surface area is 120 Å². The number of aliphatic carboxylic acids is 1. The molecular formula is C16H23NO3. The van der Waals surface area contributed by atoms with Crippen molar-refractivity contribution in [3.8, 4) is 0 Å². The largest absolute Gasteiger partial charge is 0.481 e. The van der Waals surface area contributed by atoms with E-state index in [0.29, 0.717) is 12.8 Å². The lowest BCUT2D eigenvalue weighted by Gasteiger charge is -2.20. The van der Waals surface area contributed by atoms with Crippen LogP contribution in [0.3, 0.4) is 0 Å². The molecule has 1 aromatic rings. The van der Waals surface area contributed by atoms with Gasteiger partial charge in [-0.15, -0.1) is 0 Å². The van der Waals surface area contributed by atoms with Crippen molar-refractivity contribution in [1.82, 2.24) is 5.32 Å². The number of carbonyl (C=O) groups is 2. The zero-order valence-corrected chi connectivity index (χ0v) is 12.3. The highest BCUT2D eigenvalue weighted by atomic mass is 16.4. The molecule has 0 aromatic heterocycles. The van der Waals surface area contributed by atoms with Crippen LogP contribution in [0.15, 0.2) is 24.3 Å². The lowest BCUT2D eigenvalue weighted by atomic mass is 10.0. The lowest BCUT2D eigenvalue weighted by Crippen LogP contribution is -2.40. The van der Waals surface area contributed by atoms with E-state index in [4.69, 9.17) is 5.11 Å². The van der Waals surface area contributed by atoms with Crippen molar-refractivity contribution in [3.63, 3.8) is 0 Å². The maximum atomic E-state index is 11.9. The minimum atomic E-state index is -0.887. The van der Waals surface area contributed by atoms with Gasteiger partial charge in [-0.05, 0) is 24.8 Å². The summed E-state index contributed by atoms with van der Waals surface area (Å²) in [5, 5.41) is 11.6. The second kappa shape index (κ2) is 7.68. The minimum Gasteiger partial charge on any atom is -0.481 e. The SMILES string of the molecule is Cc1ccc(CCC(=O)NC(CC(=O)O)C(C)C)cc1. The Morgan fingerprint density at radius 1 is 1.20 bits per heavy atom. The molecule has 1 rings (SSSR count). The average Bonchev–Trinajstić information content (AvgIpc) is 2.36. The number of carboxylic acids is 1. The summed E-state index contributed by atoms with van der Waals surface area (Å²) in [6, 6.07) is 7.76. The van der Waals surface area contributed by atoms with Crippen LogP contribution in [0.4, 0.5) is 0 Å². The Balaban J connectivity index is 2.45. The van der Waals surface area contributed by atoms with Gasteiger partial charge in [-0.3, -0.25) is 9.59 Å². The van der Waals surface area contributed by atoms with Crippen molar-refractivity contribution in [2.75, 3.05) is 0 Å². The van der Waals surface area contributed by atoms with Crippen LogP contribution >= 0.6 is 0 Å². The number of rotatable bonds is 7. The zero-order valence-electron chi connectivity index (χ0n) is 12.3. The van der Waals surface area contributed by atoms with Gasteiger partial charge in [0.05, 0.1) is 6.42 Å². The van der Waals surface area contributed by atoms with Crippen LogP contribution in [-0.4, -0.2) is 23.0 Å². The second-order valence-corrected chi connectivity index (χ2v) is 5.50. The first-order chi connectivity index (χ1) is 9.38. The van der Waals surface area contributed by atoms with Gasteiger partial charge in [-0.2, -0.15) is 0 Å². The van der Waals surface area contributed by atoms with E-state index >= 15 is 0 Å². The maximum absolute atomic E-state index is 11.9. The number of carbonyl (C=O) groups excluding carboxylic acids is 1. The van der Waals surface area contributed by atoms with E-state index in [1.807, 2.05) is 45.0 Å². The van der Waals surface area contributed by atoms with Crippen molar-refractivity contribution in [3.05, 3.63) is 35.4 Å². The third-order valence-corrected chi connectivity index (χ3v) is 3.31. The van der Waals surface area contributed by atoms with Gasteiger partial charge in [0.1, 0.15) is 0 Å². The van der Waals surface area contributed by atoms with Crippen molar-refractivity contribution < 1.29 is 14.7 Å². The number of carboxylic acid groups (broad SMARTS) is 1. The van der Waals surface area contributed by atoms with E-state index in [1.165, 1.54) is 5.56 Å². The molecule has 0 saturated carbocycles. The fourth-order valence-corrected chi connectivity index (χ4v) is 1.93. The summed E-state index contributed by atoms with van der Waals surface area (Å²) in [5.74, 6) is -0.873. The summed E-state index contributed by atoms with van der Waals surface area (Å²) < 4.78 is 0. The van der Waals surface area contributed by atoms with E-state index in [2.05, 4.69) is 5.32 Å². The molecule has 1 amide bonds. The number of amides is 1. The van der Waals surface area contributed by atoms with E-state index in [0.717, 1.165) is 5.56 Å². The van der Waals surface area contributed by atoms with E-state index in [1.54, 1.807) is 0 Å². The summed E-state index contributed by atoms with van der Waals surface area (Å²) in [5.41, 5.74) is 2.31. The molecule has 0 bridgehead atoms. The molecule has 0 fully saturated rings. The van der Waals surface area contributed by atoms with Gasteiger partial charge in [0, 0.05) is 12.5 Å². The highest BCUT2D eigenvalue weighted by Crippen LogP contribution is 2.09. The summed E-state index contributed by atoms with van der Waals surface area (Å²) in [7, 11) is 0. The van der Waals surface area contributed by atoms with Crippen LogP contribution in [0.1, 0.15) is 37.8 Å². The molecule has 1 aromatic carbocycles. The first-order valence-electron chi connectivity index (χ1n) is 6.95. The van der Waals surface area contributed by atoms with Crippen LogP contribution < -0.4 is 5.32 Å². The van der Waals surface area contributed by atoms with Crippen molar-refractivity contribution >= 4 is 11.9 Å². The molecule has 4 nitrogen and oxygen atoms in total. The van der Waals surface area contributed by atoms with Gasteiger partial charge in [0.15, 0.2) is 0 Å². The van der Waals surface area contributed by atoms with Gasteiger partial charge in [-0.25, -0.2) is 0 Å².